The molecule has 1 aliphatic heterocycles. The third kappa shape index (κ3) is 4.05. The maximum atomic E-state index is 13.5. The number of aromatic nitrogens is 1. The second-order valence-electron chi connectivity index (χ2n) is 9.19. The molecule has 1 fully saturated rings. The highest BCUT2D eigenvalue weighted by Crippen LogP contribution is 2.44. The molecule has 6 nitrogen and oxygen atoms in total. The Bertz CT molecular complexity index is 1540. The van der Waals surface area contributed by atoms with Crippen LogP contribution in [-0.4, -0.2) is 28.9 Å². The number of carbonyl (C=O) groups is 2. The van der Waals surface area contributed by atoms with Crippen molar-refractivity contribution < 1.29 is 19.4 Å². The van der Waals surface area contributed by atoms with Gasteiger partial charge in [-0.25, -0.2) is 4.98 Å². The maximum Gasteiger partial charge on any atom is 0.301 e. The van der Waals surface area contributed by atoms with E-state index in [1.165, 1.54) is 28.9 Å². The summed E-state index contributed by atoms with van der Waals surface area (Å²) < 4.78 is 6.23. The maximum absolute atomic E-state index is 13.5. The summed E-state index contributed by atoms with van der Waals surface area (Å²) in [5.41, 5.74) is 4.06. The lowest BCUT2D eigenvalue weighted by Crippen LogP contribution is -2.29. The van der Waals surface area contributed by atoms with E-state index in [1.807, 2.05) is 43.3 Å². The lowest BCUT2D eigenvalue weighted by atomic mass is 9.94. The van der Waals surface area contributed by atoms with E-state index >= 15 is 0 Å². The number of anilines is 1. The fourth-order valence-electron chi connectivity index (χ4n) is 4.50. The molecule has 182 valence electrons. The number of amides is 1. The molecule has 2 heterocycles. The van der Waals surface area contributed by atoms with Gasteiger partial charge in [0.15, 0.2) is 5.13 Å². The number of aliphatic hydroxyl groups is 1. The van der Waals surface area contributed by atoms with Crippen molar-refractivity contribution in [3.05, 3.63) is 94.6 Å². The number of ketones is 1. The molecule has 1 unspecified atom stereocenters. The summed E-state index contributed by atoms with van der Waals surface area (Å²) in [7, 11) is 1.53. The van der Waals surface area contributed by atoms with Crippen LogP contribution in [0.1, 0.15) is 48.1 Å². The lowest BCUT2D eigenvalue weighted by Gasteiger charge is -2.23. The van der Waals surface area contributed by atoms with Crippen molar-refractivity contribution in [2.45, 2.75) is 32.7 Å². The number of Topliss-reactive ketones (excluding diaryl/α,β-unsaturated/α-hetero) is 1. The summed E-state index contributed by atoms with van der Waals surface area (Å²) in [6.45, 7) is 6.19. The van der Waals surface area contributed by atoms with Crippen molar-refractivity contribution in [3.63, 3.8) is 0 Å². The molecule has 4 aromatic rings. The number of benzene rings is 3. The van der Waals surface area contributed by atoms with Gasteiger partial charge >= 0.3 is 5.91 Å². The highest BCUT2D eigenvalue weighted by molar-refractivity contribution is 7.22. The Morgan fingerprint density at radius 2 is 1.83 bits per heavy atom. The molecule has 0 aliphatic carbocycles. The Labute approximate surface area is 213 Å². The summed E-state index contributed by atoms with van der Waals surface area (Å²) in [4.78, 5) is 33.0. The van der Waals surface area contributed by atoms with E-state index in [1.54, 1.807) is 24.3 Å². The number of hydrogen-bond donors (Lipinski definition) is 1. The number of hydrogen-bond acceptors (Lipinski definition) is 6. The number of rotatable bonds is 5. The second-order valence-corrected chi connectivity index (χ2v) is 10.2. The average molecular weight is 499 g/mol. The van der Waals surface area contributed by atoms with Gasteiger partial charge in [-0.05, 0) is 48.2 Å². The van der Waals surface area contributed by atoms with Gasteiger partial charge in [0.05, 0.1) is 28.9 Å². The number of carbonyl (C=O) groups excluding carboxylic acids is 2. The minimum Gasteiger partial charge on any atom is -0.507 e. The predicted octanol–water partition coefficient (Wildman–Crippen LogP) is 6.36. The van der Waals surface area contributed by atoms with Gasteiger partial charge in [-0.1, -0.05) is 73.2 Å². The molecule has 1 N–H and O–H groups in total. The molecule has 3 aromatic carbocycles. The van der Waals surface area contributed by atoms with Crippen LogP contribution in [0.25, 0.3) is 16.0 Å². The van der Waals surface area contributed by atoms with Gasteiger partial charge in [-0.3, -0.25) is 14.5 Å². The second kappa shape index (κ2) is 9.24. The number of thiazole rings is 1. The number of ether oxygens (including phenoxy) is 1. The molecule has 1 amide bonds. The Morgan fingerprint density at radius 3 is 2.56 bits per heavy atom. The molecular weight excluding hydrogens is 472 g/mol. The minimum absolute atomic E-state index is 0.0287. The summed E-state index contributed by atoms with van der Waals surface area (Å²) in [6.07, 6.45) is 0. The van der Waals surface area contributed by atoms with Crippen molar-refractivity contribution >= 4 is 44.1 Å². The van der Waals surface area contributed by atoms with Gasteiger partial charge in [0, 0.05) is 5.56 Å². The quantitative estimate of drug-likeness (QED) is 0.197. The number of fused-ring (bicyclic) bond motifs is 1. The molecule has 1 saturated heterocycles. The molecule has 5 rings (SSSR count). The van der Waals surface area contributed by atoms with Crippen LogP contribution >= 0.6 is 11.3 Å². The summed E-state index contributed by atoms with van der Waals surface area (Å²) in [6, 6.07) is 19.6. The molecular formula is C29H26N2O4S. The van der Waals surface area contributed by atoms with Crippen LogP contribution in [0, 0.1) is 6.92 Å². The van der Waals surface area contributed by atoms with Gasteiger partial charge in [0.25, 0.3) is 5.78 Å². The van der Waals surface area contributed by atoms with Crippen molar-refractivity contribution in [2.75, 3.05) is 12.0 Å². The zero-order valence-corrected chi connectivity index (χ0v) is 21.3. The summed E-state index contributed by atoms with van der Waals surface area (Å²) in [5, 5.41) is 11.8. The minimum atomic E-state index is -0.818. The van der Waals surface area contributed by atoms with E-state index in [-0.39, 0.29) is 11.3 Å². The highest BCUT2D eigenvalue weighted by atomic mass is 32.1. The Balaban J connectivity index is 1.72. The van der Waals surface area contributed by atoms with Crippen molar-refractivity contribution in [1.29, 1.82) is 0 Å². The first-order valence-corrected chi connectivity index (χ1v) is 12.5. The zero-order valence-electron chi connectivity index (χ0n) is 20.5. The molecule has 0 bridgehead atoms. The number of nitrogens with zero attached hydrogens (tertiary/aromatic N) is 2. The first kappa shape index (κ1) is 23.8. The molecule has 1 aromatic heterocycles. The van der Waals surface area contributed by atoms with Crippen LogP contribution in [0.3, 0.4) is 0 Å². The van der Waals surface area contributed by atoms with Crippen LogP contribution < -0.4 is 9.64 Å². The molecule has 7 heteroatoms. The van der Waals surface area contributed by atoms with Crippen LogP contribution in [-0.2, 0) is 9.59 Å². The van der Waals surface area contributed by atoms with E-state index < -0.39 is 17.7 Å². The van der Waals surface area contributed by atoms with E-state index in [4.69, 9.17) is 9.72 Å². The highest BCUT2D eigenvalue weighted by Gasteiger charge is 2.48. The van der Waals surface area contributed by atoms with Crippen LogP contribution in [0.4, 0.5) is 5.13 Å². The Kier molecular flexibility index (Phi) is 6.10. The van der Waals surface area contributed by atoms with Gasteiger partial charge in [0.1, 0.15) is 11.5 Å². The zero-order chi connectivity index (χ0) is 25.6. The van der Waals surface area contributed by atoms with Crippen LogP contribution in [0.15, 0.2) is 72.3 Å². The molecule has 1 aliphatic rings. The molecule has 1 atom stereocenters. The predicted molar refractivity (Wildman–Crippen MR) is 143 cm³/mol. The monoisotopic (exact) mass is 498 g/mol. The standard InChI is InChI=1S/C29H26N2O4S/c1-16(2)18-11-12-22-23(15-18)36-29(30-22)31-25(19-8-5-7-17(3)13-19)24(27(33)28(31)34)26(32)20-9-6-10-21(14-20)35-4/h5-16,25,32H,1-4H3/b26-24+. The van der Waals surface area contributed by atoms with Gasteiger partial charge in [-0.2, -0.15) is 0 Å². The van der Waals surface area contributed by atoms with Crippen molar-refractivity contribution in [2.24, 2.45) is 0 Å². The third-order valence-corrected chi connectivity index (χ3v) is 7.44. The molecule has 0 spiro atoms. The number of aliphatic hydroxyl groups excluding tert-OH is 1. The topological polar surface area (TPSA) is 79.7 Å². The van der Waals surface area contributed by atoms with Gasteiger partial charge in [-0.15, -0.1) is 0 Å². The normalized spacial score (nSPS) is 17.4. The number of aryl methyl sites for hydroxylation is 1. The van der Waals surface area contributed by atoms with Gasteiger partial charge < -0.3 is 9.84 Å². The smallest absolute Gasteiger partial charge is 0.301 e. The third-order valence-electron chi connectivity index (χ3n) is 6.42. The first-order chi connectivity index (χ1) is 17.3. The van der Waals surface area contributed by atoms with E-state index in [2.05, 4.69) is 19.9 Å². The largest absolute Gasteiger partial charge is 0.507 e. The van der Waals surface area contributed by atoms with Crippen LogP contribution in [0.5, 0.6) is 5.75 Å². The molecule has 36 heavy (non-hydrogen) atoms. The van der Waals surface area contributed by atoms with Crippen LogP contribution in [0.2, 0.25) is 0 Å². The van der Waals surface area contributed by atoms with E-state index in [0.717, 1.165) is 21.3 Å². The first-order valence-electron chi connectivity index (χ1n) is 11.7. The van der Waals surface area contributed by atoms with Gasteiger partial charge in [0.2, 0.25) is 0 Å². The summed E-state index contributed by atoms with van der Waals surface area (Å²) >= 11 is 1.37. The summed E-state index contributed by atoms with van der Waals surface area (Å²) in [5.74, 6) is -0.820. The lowest BCUT2D eigenvalue weighted by molar-refractivity contribution is -0.132. The fourth-order valence-corrected chi connectivity index (χ4v) is 5.54. The Morgan fingerprint density at radius 1 is 1.06 bits per heavy atom. The van der Waals surface area contributed by atoms with E-state index in [9.17, 15) is 14.7 Å². The fraction of sp³-hybridized carbons (Fsp3) is 0.207. The van der Waals surface area contributed by atoms with E-state index in [0.29, 0.717) is 22.4 Å². The molecule has 0 radical (unpaired) electrons. The average Bonchev–Trinajstić information content (AvgIpc) is 3.41. The number of methoxy groups -OCH3 is 1. The SMILES string of the molecule is COc1cccc(/C(O)=C2\C(=O)C(=O)N(c3nc4ccc(C(C)C)cc4s3)C2c2cccc(C)c2)c1. The van der Waals surface area contributed by atoms with Crippen molar-refractivity contribution in [1.82, 2.24) is 4.98 Å². The Hall–Kier alpha value is -3.97. The van der Waals surface area contributed by atoms with Crippen molar-refractivity contribution in [3.8, 4) is 5.75 Å². The molecule has 0 saturated carbocycles.